The highest BCUT2D eigenvalue weighted by atomic mass is 16.3. The normalized spacial score (nSPS) is 21.1. The lowest BCUT2D eigenvalue weighted by atomic mass is 9.95. The number of rotatable bonds is 4. The monoisotopic (exact) mass is 288 g/mol. The van der Waals surface area contributed by atoms with Crippen LogP contribution in [-0.4, -0.2) is 42.7 Å². The van der Waals surface area contributed by atoms with Gasteiger partial charge in [-0.25, -0.2) is 0 Å². The van der Waals surface area contributed by atoms with Crippen LogP contribution < -0.4 is 4.90 Å². The Morgan fingerprint density at radius 1 is 1.10 bits per heavy atom. The van der Waals surface area contributed by atoms with Gasteiger partial charge < -0.3 is 14.9 Å². The summed E-state index contributed by atoms with van der Waals surface area (Å²) in [7, 11) is 0. The quantitative estimate of drug-likeness (QED) is 0.923. The molecule has 0 radical (unpaired) electrons. The number of aryl methyl sites for hydroxylation is 1. The second-order valence-electron chi connectivity index (χ2n) is 6.72. The standard InChI is InChI=1S/C18H28N2O/c1-15-12-17(14-21)4-5-18(15)20-10-6-16(7-11-20)13-19-8-2-3-9-19/h4-5,12,16,21H,2-3,6-11,13-14H2,1H3. The summed E-state index contributed by atoms with van der Waals surface area (Å²) in [5.41, 5.74) is 3.66. The molecule has 1 aromatic rings. The minimum Gasteiger partial charge on any atom is -0.392 e. The van der Waals surface area contributed by atoms with E-state index in [2.05, 4.69) is 34.9 Å². The van der Waals surface area contributed by atoms with Crippen molar-refractivity contribution in [2.24, 2.45) is 5.92 Å². The fourth-order valence-corrected chi connectivity index (χ4v) is 3.86. The van der Waals surface area contributed by atoms with Crippen LogP contribution in [0.25, 0.3) is 0 Å². The number of nitrogens with zero attached hydrogens (tertiary/aromatic N) is 2. The number of hydrogen-bond donors (Lipinski definition) is 1. The number of anilines is 1. The van der Waals surface area contributed by atoms with Gasteiger partial charge in [0, 0.05) is 25.3 Å². The molecule has 21 heavy (non-hydrogen) atoms. The van der Waals surface area contributed by atoms with Gasteiger partial charge in [-0.1, -0.05) is 12.1 Å². The van der Waals surface area contributed by atoms with E-state index in [0.717, 1.165) is 11.5 Å². The van der Waals surface area contributed by atoms with E-state index < -0.39 is 0 Å². The van der Waals surface area contributed by atoms with Gasteiger partial charge >= 0.3 is 0 Å². The van der Waals surface area contributed by atoms with Crippen LogP contribution in [0.1, 0.15) is 36.8 Å². The number of likely N-dealkylation sites (tertiary alicyclic amines) is 1. The zero-order valence-corrected chi connectivity index (χ0v) is 13.2. The Hall–Kier alpha value is -1.06. The molecule has 2 aliphatic rings. The zero-order chi connectivity index (χ0) is 14.7. The maximum Gasteiger partial charge on any atom is 0.0681 e. The van der Waals surface area contributed by atoms with Gasteiger partial charge in [-0.2, -0.15) is 0 Å². The smallest absolute Gasteiger partial charge is 0.0681 e. The molecule has 0 saturated carbocycles. The Bertz CT molecular complexity index is 460. The van der Waals surface area contributed by atoms with Gasteiger partial charge in [-0.05, 0) is 68.8 Å². The molecule has 1 N–H and O–H groups in total. The molecular formula is C18H28N2O. The average molecular weight is 288 g/mol. The molecule has 0 spiro atoms. The third-order valence-corrected chi connectivity index (χ3v) is 5.11. The molecule has 0 aromatic heterocycles. The Balaban J connectivity index is 1.55. The van der Waals surface area contributed by atoms with Gasteiger partial charge in [-0.3, -0.25) is 0 Å². The largest absolute Gasteiger partial charge is 0.392 e. The molecule has 0 atom stereocenters. The number of piperidine rings is 1. The summed E-state index contributed by atoms with van der Waals surface area (Å²) < 4.78 is 0. The molecule has 2 saturated heterocycles. The van der Waals surface area contributed by atoms with Crippen molar-refractivity contribution in [2.75, 3.05) is 37.6 Å². The maximum absolute atomic E-state index is 9.22. The van der Waals surface area contributed by atoms with E-state index in [1.807, 2.05) is 0 Å². The van der Waals surface area contributed by atoms with Crippen LogP contribution in [-0.2, 0) is 6.61 Å². The second kappa shape index (κ2) is 6.80. The van der Waals surface area contributed by atoms with E-state index in [4.69, 9.17) is 0 Å². The Kier molecular flexibility index (Phi) is 4.81. The van der Waals surface area contributed by atoms with Gasteiger partial charge in [0.15, 0.2) is 0 Å². The van der Waals surface area contributed by atoms with Crippen LogP contribution in [0.15, 0.2) is 18.2 Å². The maximum atomic E-state index is 9.22. The number of aliphatic hydroxyl groups excluding tert-OH is 1. The molecule has 3 heteroatoms. The highest BCUT2D eigenvalue weighted by molar-refractivity contribution is 5.54. The highest BCUT2D eigenvalue weighted by Gasteiger charge is 2.23. The summed E-state index contributed by atoms with van der Waals surface area (Å²) in [5.74, 6) is 0.886. The van der Waals surface area contributed by atoms with Crippen molar-refractivity contribution in [1.82, 2.24) is 4.90 Å². The van der Waals surface area contributed by atoms with Crippen molar-refractivity contribution in [1.29, 1.82) is 0 Å². The molecule has 3 nitrogen and oxygen atoms in total. The first-order valence-corrected chi connectivity index (χ1v) is 8.44. The SMILES string of the molecule is Cc1cc(CO)ccc1N1CCC(CN2CCCC2)CC1. The minimum atomic E-state index is 0.138. The molecule has 2 aliphatic heterocycles. The lowest BCUT2D eigenvalue weighted by Crippen LogP contribution is -2.38. The van der Waals surface area contributed by atoms with E-state index >= 15 is 0 Å². The topological polar surface area (TPSA) is 26.7 Å². The Morgan fingerprint density at radius 2 is 1.81 bits per heavy atom. The lowest BCUT2D eigenvalue weighted by molar-refractivity contribution is 0.249. The van der Waals surface area contributed by atoms with Gasteiger partial charge in [0.1, 0.15) is 0 Å². The Labute approximate surface area is 128 Å². The van der Waals surface area contributed by atoms with Gasteiger partial charge in [0.05, 0.1) is 6.61 Å². The summed E-state index contributed by atoms with van der Waals surface area (Å²) in [6, 6.07) is 6.35. The van der Waals surface area contributed by atoms with Crippen molar-refractivity contribution in [3.63, 3.8) is 0 Å². The van der Waals surface area contributed by atoms with E-state index in [1.165, 1.54) is 69.7 Å². The van der Waals surface area contributed by atoms with Crippen LogP contribution in [0, 0.1) is 12.8 Å². The molecule has 0 aliphatic carbocycles. The minimum absolute atomic E-state index is 0.138. The predicted molar refractivity (Wildman–Crippen MR) is 87.7 cm³/mol. The first kappa shape index (κ1) is 14.9. The number of aliphatic hydroxyl groups is 1. The third kappa shape index (κ3) is 3.58. The molecule has 0 amide bonds. The summed E-state index contributed by atoms with van der Waals surface area (Å²) in [4.78, 5) is 5.18. The van der Waals surface area contributed by atoms with Crippen molar-refractivity contribution < 1.29 is 5.11 Å². The van der Waals surface area contributed by atoms with E-state index in [1.54, 1.807) is 0 Å². The molecule has 3 rings (SSSR count). The highest BCUT2D eigenvalue weighted by Crippen LogP contribution is 2.27. The first-order valence-electron chi connectivity index (χ1n) is 8.44. The van der Waals surface area contributed by atoms with Crippen molar-refractivity contribution in [3.8, 4) is 0 Å². The third-order valence-electron chi connectivity index (χ3n) is 5.11. The molecule has 116 valence electrons. The van der Waals surface area contributed by atoms with Crippen molar-refractivity contribution in [2.45, 2.75) is 39.2 Å². The summed E-state index contributed by atoms with van der Waals surface area (Å²) in [5, 5.41) is 9.22. The Morgan fingerprint density at radius 3 is 2.43 bits per heavy atom. The van der Waals surface area contributed by atoms with Crippen molar-refractivity contribution >= 4 is 5.69 Å². The molecule has 2 heterocycles. The zero-order valence-electron chi connectivity index (χ0n) is 13.2. The van der Waals surface area contributed by atoms with Crippen LogP contribution in [0.5, 0.6) is 0 Å². The van der Waals surface area contributed by atoms with Crippen LogP contribution in [0.4, 0.5) is 5.69 Å². The summed E-state index contributed by atoms with van der Waals surface area (Å²) in [6.45, 7) is 8.61. The van der Waals surface area contributed by atoms with Gasteiger partial charge in [0.2, 0.25) is 0 Å². The average Bonchev–Trinajstić information content (AvgIpc) is 3.01. The molecule has 1 aromatic carbocycles. The number of hydrogen-bond acceptors (Lipinski definition) is 3. The van der Waals surface area contributed by atoms with Gasteiger partial charge in [0.25, 0.3) is 0 Å². The fraction of sp³-hybridized carbons (Fsp3) is 0.667. The van der Waals surface area contributed by atoms with E-state index in [-0.39, 0.29) is 6.61 Å². The van der Waals surface area contributed by atoms with E-state index in [0.29, 0.717) is 0 Å². The molecule has 2 fully saturated rings. The number of benzene rings is 1. The van der Waals surface area contributed by atoms with Crippen LogP contribution in [0.3, 0.4) is 0 Å². The second-order valence-corrected chi connectivity index (χ2v) is 6.72. The van der Waals surface area contributed by atoms with Gasteiger partial charge in [-0.15, -0.1) is 0 Å². The first-order chi connectivity index (χ1) is 10.3. The predicted octanol–water partition coefficient (Wildman–Crippen LogP) is 2.80. The van der Waals surface area contributed by atoms with Crippen LogP contribution >= 0.6 is 0 Å². The summed E-state index contributed by atoms with van der Waals surface area (Å²) in [6.07, 6.45) is 5.43. The fourth-order valence-electron chi connectivity index (χ4n) is 3.86. The summed E-state index contributed by atoms with van der Waals surface area (Å²) >= 11 is 0. The lowest BCUT2D eigenvalue weighted by Gasteiger charge is -2.36. The molecular weight excluding hydrogens is 260 g/mol. The van der Waals surface area contributed by atoms with Crippen molar-refractivity contribution in [3.05, 3.63) is 29.3 Å². The van der Waals surface area contributed by atoms with Crippen LogP contribution in [0.2, 0.25) is 0 Å². The molecule has 0 bridgehead atoms. The van der Waals surface area contributed by atoms with E-state index in [9.17, 15) is 5.11 Å². The molecule has 0 unspecified atom stereocenters.